The van der Waals surface area contributed by atoms with E-state index in [1.165, 1.54) is 38.0 Å². The molecule has 2 aliphatic rings. The number of aromatic nitrogens is 2. The summed E-state index contributed by atoms with van der Waals surface area (Å²) in [6, 6.07) is 0.332. The van der Waals surface area contributed by atoms with Crippen LogP contribution in [0.15, 0.2) is 12.4 Å². The van der Waals surface area contributed by atoms with Gasteiger partial charge < -0.3 is 10.6 Å². The van der Waals surface area contributed by atoms with Crippen molar-refractivity contribution < 1.29 is 0 Å². The minimum absolute atomic E-state index is 0.332. The van der Waals surface area contributed by atoms with Crippen molar-refractivity contribution in [2.45, 2.75) is 32.4 Å². The topological polar surface area (TPSA) is 50.3 Å². The fourth-order valence-corrected chi connectivity index (χ4v) is 3.14. The normalized spacial score (nSPS) is 23.1. The van der Waals surface area contributed by atoms with Gasteiger partial charge in [0.05, 0.1) is 12.2 Å². The van der Waals surface area contributed by atoms with Crippen LogP contribution in [0.1, 0.15) is 31.4 Å². The minimum Gasteiger partial charge on any atom is -0.329 e. The summed E-state index contributed by atoms with van der Waals surface area (Å²) in [5, 5.41) is 4.38. The lowest BCUT2D eigenvalue weighted by Gasteiger charge is -2.38. The van der Waals surface area contributed by atoms with Crippen LogP contribution < -0.4 is 5.73 Å². The summed E-state index contributed by atoms with van der Waals surface area (Å²) in [6.45, 7) is 9.67. The molecule has 0 spiro atoms. The van der Waals surface area contributed by atoms with Crippen molar-refractivity contribution in [2.75, 3.05) is 39.3 Å². The van der Waals surface area contributed by atoms with Gasteiger partial charge in [-0.05, 0) is 25.7 Å². The smallest absolute Gasteiger partial charge is 0.0538 e. The summed E-state index contributed by atoms with van der Waals surface area (Å²) >= 11 is 0. The van der Waals surface area contributed by atoms with Crippen LogP contribution in [0.3, 0.4) is 0 Å². The third-order valence-corrected chi connectivity index (χ3v) is 4.65. The molecule has 1 aliphatic carbocycles. The molecule has 1 unspecified atom stereocenters. The highest BCUT2D eigenvalue weighted by Crippen LogP contribution is 2.30. The van der Waals surface area contributed by atoms with E-state index in [2.05, 4.69) is 28.0 Å². The average Bonchev–Trinajstić information content (AvgIpc) is 3.16. The molecular weight excluding hydrogens is 250 g/mol. The Morgan fingerprint density at radius 1 is 1.30 bits per heavy atom. The zero-order valence-corrected chi connectivity index (χ0v) is 12.5. The van der Waals surface area contributed by atoms with Crippen LogP contribution in [0, 0.1) is 5.92 Å². The minimum atomic E-state index is 0.332. The fraction of sp³-hybridized carbons (Fsp3) is 0.800. The molecule has 5 nitrogen and oxygen atoms in total. The van der Waals surface area contributed by atoms with E-state index in [0.29, 0.717) is 12.6 Å². The van der Waals surface area contributed by atoms with Crippen molar-refractivity contribution in [3.8, 4) is 0 Å². The lowest BCUT2D eigenvalue weighted by atomic mass is 10.1. The van der Waals surface area contributed by atoms with Crippen LogP contribution in [0.4, 0.5) is 0 Å². The second-order valence-corrected chi connectivity index (χ2v) is 6.16. The monoisotopic (exact) mass is 277 g/mol. The molecule has 112 valence electrons. The van der Waals surface area contributed by atoms with Crippen molar-refractivity contribution in [2.24, 2.45) is 11.7 Å². The maximum atomic E-state index is 6.02. The number of hydrogen-bond donors (Lipinski definition) is 1. The van der Waals surface area contributed by atoms with E-state index < -0.39 is 0 Å². The molecule has 2 heterocycles. The van der Waals surface area contributed by atoms with Crippen molar-refractivity contribution >= 4 is 0 Å². The molecule has 5 heteroatoms. The van der Waals surface area contributed by atoms with E-state index in [9.17, 15) is 0 Å². The van der Waals surface area contributed by atoms with Gasteiger partial charge in [-0.25, -0.2) is 0 Å². The van der Waals surface area contributed by atoms with Crippen LogP contribution in [0.25, 0.3) is 0 Å². The highest BCUT2D eigenvalue weighted by atomic mass is 15.3. The fourth-order valence-electron chi connectivity index (χ4n) is 3.14. The van der Waals surface area contributed by atoms with Gasteiger partial charge in [-0.3, -0.25) is 9.58 Å². The molecule has 0 aromatic carbocycles. The Morgan fingerprint density at radius 3 is 2.60 bits per heavy atom. The lowest BCUT2D eigenvalue weighted by molar-refractivity contribution is 0.0955. The summed E-state index contributed by atoms with van der Waals surface area (Å²) in [5.41, 5.74) is 7.29. The van der Waals surface area contributed by atoms with Crippen molar-refractivity contribution in [3.63, 3.8) is 0 Å². The molecule has 0 bridgehead atoms. The molecule has 20 heavy (non-hydrogen) atoms. The summed E-state index contributed by atoms with van der Waals surface area (Å²) in [6.07, 6.45) is 7.02. The number of aryl methyl sites for hydroxylation is 1. The largest absolute Gasteiger partial charge is 0.329 e. The first-order valence-corrected chi connectivity index (χ1v) is 7.99. The predicted molar refractivity (Wildman–Crippen MR) is 80.4 cm³/mol. The first kappa shape index (κ1) is 14.0. The molecule has 3 rings (SSSR count). The van der Waals surface area contributed by atoms with Gasteiger partial charge >= 0.3 is 0 Å². The Labute approximate surface area is 121 Å². The van der Waals surface area contributed by atoms with Crippen molar-refractivity contribution in [1.82, 2.24) is 19.6 Å². The zero-order chi connectivity index (χ0) is 13.9. The van der Waals surface area contributed by atoms with Crippen LogP contribution in [0.2, 0.25) is 0 Å². The molecule has 0 amide bonds. The van der Waals surface area contributed by atoms with Crippen LogP contribution in [0.5, 0.6) is 0 Å². The van der Waals surface area contributed by atoms with E-state index in [0.717, 1.165) is 25.6 Å². The van der Waals surface area contributed by atoms with E-state index in [1.807, 2.05) is 10.9 Å². The van der Waals surface area contributed by atoms with Gasteiger partial charge in [0.25, 0.3) is 0 Å². The van der Waals surface area contributed by atoms with E-state index in [4.69, 9.17) is 5.73 Å². The van der Waals surface area contributed by atoms with Gasteiger partial charge in [0.15, 0.2) is 0 Å². The Hall–Kier alpha value is -0.910. The van der Waals surface area contributed by atoms with Gasteiger partial charge in [-0.15, -0.1) is 0 Å². The number of hydrogen-bond acceptors (Lipinski definition) is 4. The quantitative estimate of drug-likeness (QED) is 0.840. The summed E-state index contributed by atoms with van der Waals surface area (Å²) in [7, 11) is 0. The van der Waals surface area contributed by atoms with E-state index in [1.54, 1.807) is 0 Å². The molecule has 2 N–H and O–H groups in total. The number of piperazine rings is 1. The maximum Gasteiger partial charge on any atom is 0.0538 e. The predicted octanol–water partition coefficient (Wildman–Crippen LogP) is 0.930. The highest BCUT2D eigenvalue weighted by molar-refractivity contribution is 5.11. The first-order chi connectivity index (χ1) is 9.80. The lowest BCUT2D eigenvalue weighted by Crippen LogP contribution is -2.49. The Morgan fingerprint density at radius 2 is 2.05 bits per heavy atom. The van der Waals surface area contributed by atoms with Crippen LogP contribution >= 0.6 is 0 Å². The summed E-state index contributed by atoms with van der Waals surface area (Å²) in [5.74, 6) is 0.995. The third kappa shape index (κ3) is 3.22. The molecule has 1 saturated carbocycles. The number of nitrogens with two attached hydrogens (primary N) is 1. The van der Waals surface area contributed by atoms with Crippen molar-refractivity contribution in [3.05, 3.63) is 18.0 Å². The second kappa shape index (κ2) is 6.24. The van der Waals surface area contributed by atoms with Crippen LogP contribution in [-0.2, 0) is 6.54 Å². The van der Waals surface area contributed by atoms with E-state index in [-0.39, 0.29) is 0 Å². The number of rotatable bonds is 6. The molecule has 0 radical (unpaired) electrons. The Bertz CT molecular complexity index is 418. The van der Waals surface area contributed by atoms with E-state index >= 15 is 0 Å². The van der Waals surface area contributed by atoms with Gasteiger partial charge in [-0.1, -0.05) is 0 Å². The first-order valence-electron chi connectivity index (χ1n) is 7.99. The maximum absolute atomic E-state index is 6.02. The van der Waals surface area contributed by atoms with Gasteiger partial charge in [0, 0.05) is 57.6 Å². The molecular formula is C15H27N5. The van der Waals surface area contributed by atoms with Gasteiger partial charge in [0.1, 0.15) is 0 Å². The van der Waals surface area contributed by atoms with Gasteiger partial charge in [-0.2, -0.15) is 5.10 Å². The Balaban J connectivity index is 1.56. The molecule has 1 aromatic rings. The second-order valence-electron chi connectivity index (χ2n) is 6.16. The SMILES string of the molecule is CCn1cc(C(CN)N2CCN(CC3CC3)CC2)cn1. The molecule has 1 saturated heterocycles. The molecule has 1 aromatic heterocycles. The molecule has 1 aliphatic heterocycles. The zero-order valence-electron chi connectivity index (χ0n) is 12.5. The average molecular weight is 277 g/mol. The third-order valence-electron chi connectivity index (χ3n) is 4.65. The summed E-state index contributed by atoms with van der Waals surface area (Å²) in [4.78, 5) is 5.15. The molecule has 1 atom stereocenters. The summed E-state index contributed by atoms with van der Waals surface area (Å²) < 4.78 is 1.99. The molecule has 2 fully saturated rings. The standard InChI is InChI=1S/C15H27N5/c1-2-20-12-14(10-17-20)15(9-16)19-7-5-18(6-8-19)11-13-3-4-13/h10,12-13,15H,2-9,11,16H2,1H3. The highest BCUT2D eigenvalue weighted by Gasteiger charge is 2.29. The Kier molecular flexibility index (Phi) is 4.38. The van der Waals surface area contributed by atoms with Crippen LogP contribution in [-0.4, -0.2) is 58.8 Å². The van der Waals surface area contributed by atoms with Gasteiger partial charge in [0.2, 0.25) is 0 Å². The number of nitrogens with zero attached hydrogens (tertiary/aromatic N) is 4. The van der Waals surface area contributed by atoms with Crippen molar-refractivity contribution in [1.29, 1.82) is 0 Å².